The predicted molar refractivity (Wildman–Crippen MR) is 145 cm³/mol. The van der Waals surface area contributed by atoms with Crippen LogP contribution in [0.3, 0.4) is 0 Å². The van der Waals surface area contributed by atoms with Crippen LogP contribution in [0.1, 0.15) is 71.9 Å². The van der Waals surface area contributed by atoms with Crippen molar-refractivity contribution in [1.82, 2.24) is 0 Å². The highest BCUT2D eigenvalue weighted by atomic mass is 32.2. The number of ether oxygens (including phenoxy) is 2. The third-order valence-corrected chi connectivity index (χ3v) is 7.53. The van der Waals surface area contributed by atoms with Crippen LogP contribution >= 0.6 is 0 Å². The zero-order valence-electron chi connectivity index (χ0n) is 22.2. The summed E-state index contributed by atoms with van der Waals surface area (Å²) in [6.07, 6.45) is 3.37. The molecule has 0 saturated heterocycles. The summed E-state index contributed by atoms with van der Waals surface area (Å²) >= 11 is -2.24. The molecule has 1 aliphatic rings. The molecule has 0 heterocycles. The Labute approximate surface area is 218 Å². The molecule has 0 bridgehead atoms. The summed E-state index contributed by atoms with van der Waals surface area (Å²) < 4.78 is 34.3. The first-order chi connectivity index (χ1) is 16.9. The highest BCUT2D eigenvalue weighted by molar-refractivity contribution is 7.79. The smallest absolute Gasteiger partial charge is 0.127 e. The van der Waals surface area contributed by atoms with Gasteiger partial charge >= 0.3 is 0 Å². The molecule has 3 unspecified atom stereocenters. The highest BCUT2D eigenvalue weighted by Gasteiger charge is 2.45. The Kier molecular flexibility index (Phi) is 7.36. The van der Waals surface area contributed by atoms with E-state index in [-0.39, 0.29) is 21.3 Å². The van der Waals surface area contributed by atoms with Crippen molar-refractivity contribution in [1.29, 1.82) is 0 Å². The Bertz CT molecular complexity index is 1190. The molecular weight excluding hydrogens is 468 g/mol. The summed E-state index contributed by atoms with van der Waals surface area (Å²) in [6, 6.07) is 23.5. The van der Waals surface area contributed by atoms with Crippen LogP contribution in [-0.2, 0) is 16.5 Å². The van der Waals surface area contributed by atoms with E-state index in [1.165, 1.54) is 17.5 Å². The monoisotopic (exact) mass is 505 g/mol. The molecule has 0 spiro atoms. The maximum atomic E-state index is 11.1. The fourth-order valence-electron chi connectivity index (χ4n) is 5.97. The maximum Gasteiger partial charge on any atom is 0.127 e. The van der Waals surface area contributed by atoms with Gasteiger partial charge in [0.1, 0.15) is 22.8 Å². The van der Waals surface area contributed by atoms with Gasteiger partial charge in [0, 0.05) is 10.3 Å². The molecule has 3 atom stereocenters. The molecule has 1 saturated carbocycles. The molecule has 0 aromatic heterocycles. The maximum absolute atomic E-state index is 11.1. The lowest BCUT2D eigenvalue weighted by atomic mass is 9.55. The lowest BCUT2D eigenvalue weighted by molar-refractivity contribution is 0.125. The molecule has 192 valence electrons. The summed E-state index contributed by atoms with van der Waals surface area (Å²) in [4.78, 5) is 0.243. The van der Waals surface area contributed by atoms with Gasteiger partial charge in [0.15, 0.2) is 0 Å². The Hall–Kier alpha value is -2.63. The normalized spacial score (nSPS) is 22.6. The zero-order chi connectivity index (χ0) is 26.1. The second-order valence-electron chi connectivity index (χ2n) is 12.0. The van der Waals surface area contributed by atoms with E-state index in [4.69, 9.17) is 9.47 Å². The van der Waals surface area contributed by atoms with Crippen molar-refractivity contribution in [2.75, 3.05) is 0 Å². The van der Waals surface area contributed by atoms with Crippen LogP contribution in [-0.4, -0.2) is 14.4 Å². The predicted octanol–water partition coefficient (Wildman–Crippen LogP) is 8.03. The molecule has 3 aromatic carbocycles. The Balaban J connectivity index is 1.65. The minimum Gasteiger partial charge on any atom is -0.768 e. The van der Waals surface area contributed by atoms with Crippen LogP contribution in [0, 0.1) is 11.3 Å². The zero-order valence-corrected chi connectivity index (χ0v) is 23.0. The van der Waals surface area contributed by atoms with E-state index in [1.54, 1.807) is 24.3 Å². The van der Waals surface area contributed by atoms with Gasteiger partial charge in [-0.3, -0.25) is 4.21 Å². The summed E-state index contributed by atoms with van der Waals surface area (Å²) in [5.41, 5.74) is 2.49. The van der Waals surface area contributed by atoms with Gasteiger partial charge in [-0.15, -0.1) is 0 Å². The van der Waals surface area contributed by atoms with E-state index >= 15 is 0 Å². The first-order valence-corrected chi connectivity index (χ1v) is 13.7. The van der Waals surface area contributed by atoms with Crippen molar-refractivity contribution in [2.45, 2.75) is 76.7 Å². The molecule has 0 amide bonds. The van der Waals surface area contributed by atoms with Crippen LogP contribution in [0.5, 0.6) is 17.2 Å². The molecule has 4 rings (SSSR count). The SMILES string of the molecule is CC1CC(C)(C)CC(c2ccc(Oc3ccc(S(=O)[O-])cc3)cc2)(c2ccc(OC(C)(C)C)cc2)C1. The molecule has 5 heteroatoms. The summed E-state index contributed by atoms with van der Waals surface area (Å²) in [5, 5.41) is 0. The van der Waals surface area contributed by atoms with Gasteiger partial charge in [0.2, 0.25) is 0 Å². The molecule has 4 nitrogen and oxygen atoms in total. The minimum atomic E-state index is -2.24. The van der Waals surface area contributed by atoms with Gasteiger partial charge in [-0.1, -0.05) is 45.0 Å². The largest absolute Gasteiger partial charge is 0.768 e. The van der Waals surface area contributed by atoms with E-state index in [1.807, 2.05) is 12.1 Å². The van der Waals surface area contributed by atoms with Crippen LogP contribution in [0.25, 0.3) is 0 Å². The highest BCUT2D eigenvalue weighted by Crippen LogP contribution is 2.53. The van der Waals surface area contributed by atoms with E-state index in [0.717, 1.165) is 24.3 Å². The van der Waals surface area contributed by atoms with E-state index < -0.39 is 11.1 Å². The average molecular weight is 506 g/mol. The average Bonchev–Trinajstić information content (AvgIpc) is 2.78. The fraction of sp³-hybridized carbons (Fsp3) is 0.419. The van der Waals surface area contributed by atoms with Crippen molar-refractivity contribution in [2.24, 2.45) is 11.3 Å². The second kappa shape index (κ2) is 10.0. The lowest BCUT2D eigenvalue weighted by Gasteiger charge is -2.48. The number of hydrogen-bond donors (Lipinski definition) is 0. The molecule has 0 radical (unpaired) electrons. The molecule has 3 aromatic rings. The Morgan fingerprint density at radius 1 is 0.806 bits per heavy atom. The van der Waals surface area contributed by atoms with Gasteiger partial charge < -0.3 is 14.0 Å². The number of hydrogen-bond acceptors (Lipinski definition) is 4. The lowest BCUT2D eigenvalue weighted by Crippen LogP contribution is -2.41. The Morgan fingerprint density at radius 3 is 1.72 bits per heavy atom. The topological polar surface area (TPSA) is 58.6 Å². The third-order valence-electron chi connectivity index (χ3n) is 6.87. The van der Waals surface area contributed by atoms with E-state index in [2.05, 4.69) is 77.9 Å². The van der Waals surface area contributed by atoms with E-state index in [0.29, 0.717) is 11.7 Å². The van der Waals surface area contributed by atoms with Crippen LogP contribution in [0.4, 0.5) is 0 Å². The molecular formula is C31H37O4S-. The number of rotatable bonds is 6. The van der Waals surface area contributed by atoms with Gasteiger partial charge in [0.25, 0.3) is 0 Å². The summed E-state index contributed by atoms with van der Waals surface area (Å²) in [5.74, 6) is 2.82. The van der Waals surface area contributed by atoms with Crippen molar-refractivity contribution in [3.05, 3.63) is 83.9 Å². The minimum absolute atomic E-state index is 0.0974. The van der Waals surface area contributed by atoms with Gasteiger partial charge in [-0.25, -0.2) is 0 Å². The van der Waals surface area contributed by atoms with Gasteiger partial charge in [0.05, 0.1) is 0 Å². The first kappa shape index (κ1) is 26.4. The second-order valence-corrected chi connectivity index (χ2v) is 12.9. The van der Waals surface area contributed by atoms with Crippen molar-refractivity contribution in [3.8, 4) is 17.2 Å². The van der Waals surface area contributed by atoms with Crippen molar-refractivity contribution >= 4 is 11.1 Å². The van der Waals surface area contributed by atoms with Crippen LogP contribution in [0.2, 0.25) is 0 Å². The molecule has 1 aliphatic carbocycles. The van der Waals surface area contributed by atoms with Crippen molar-refractivity contribution in [3.63, 3.8) is 0 Å². The van der Waals surface area contributed by atoms with Crippen LogP contribution in [0.15, 0.2) is 77.7 Å². The van der Waals surface area contributed by atoms with E-state index in [9.17, 15) is 8.76 Å². The number of benzene rings is 3. The third kappa shape index (κ3) is 6.19. The standard InChI is InChI=1S/C31H38O4S/c1-22-19-30(5,6)21-31(20-22,24-9-13-27(14-10-24)35-29(2,3)4)23-7-11-25(12-8-23)34-26-15-17-28(18-16-26)36(32)33/h7-18,22H,19-21H2,1-6H3,(H,32,33)/p-1. The molecule has 1 fully saturated rings. The molecule has 0 aliphatic heterocycles. The van der Waals surface area contributed by atoms with Gasteiger partial charge in [-0.2, -0.15) is 0 Å². The Morgan fingerprint density at radius 2 is 1.28 bits per heavy atom. The van der Waals surface area contributed by atoms with Crippen molar-refractivity contribution < 1.29 is 18.2 Å². The molecule has 0 N–H and O–H groups in total. The quantitative estimate of drug-likeness (QED) is 0.318. The summed E-state index contributed by atoms with van der Waals surface area (Å²) in [6.45, 7) is 13.3. The van der Waals surface area contributed by atoms with Gasteiger partial charge in [-0.05, 0) is 122 Å². The summed E-state index contributed by atoms with van der Waals surface area (Å²) in [7, 11) is 0. The first-order valence-electron chi connectivity index (χ1n) is 12.6. The molecule has 36 heavy (non-hydrogen) atoms. The van der Waals surface area contributed by atoms with Crippen LogP contribution < -0.4 is 9.47 Å². The fourth-order valence-corrected chi connectivity index (χ4v) is 6.33.